The maximum Gasteiger partial charge on any atom is 0.306 e. The lowest BCUT2D eigenvalue weighted by atomic mass is 9.79. The molecule has 1 aliphatic carbocycles. The van der Waals surface area contributed by atoms with Crippen LogP contribution in [0.4, 0.5) is 10.1 Å². The summed E-state index contributed by atoms with van der Waals surface area (Å²) in [5.74, 6) is -1.42. The number of halogens is 2. The van der Waals surface area contributed by atoms with Gasteiger partial charge in [0.2, 0.25) is 0 Å². The SMILES string of the molecule is O=C(O)C1CCC(O)(CNc2ccc(F)cc2I)CC1. The van der Waals surface area contributed by atoms with Crippen LogP contribution in [0.2, 0.25) is 0 Å². The first-order valence-electron chi connectivity index (χ1n) is 6.54. The number of hydrogen-bond donors (Lipinski definition) is 3. The zero-order valence-corrected chi connectivity index (χ0v) is 13.1. The molecule has 0 atom stereocenters. The molecular weight excluding hydrogens is 376 g/mol. The Kier molecular flexibility index (Phi) is 4.85. The smallest absolute Gasteiger partial charge is 0.306 e. The Morgan fingerprint density at radius 2 is 2.10 bits per heavy atom. The number of anilines is 1. The molecule has 0 unspecified atom stereocenters. The average molecular weight is 393 g/mol. The molecular formula is C14H17FINO3. The standard InChI is InChI=1S/C14H17FINO3/c15-10-1-2-12(11(16)7-10)17-8-14(20)5-3-9(4-6-14)13(18)19/h1-2,7,9,17,20H,3-6,8H2,(H,18,19). The van der Waals surface area contributed by atoms with E-state index in [0.717, 1.165) is 9.26 Å². The zero-order valence-electron chi connectivity index (χ0n) is 10.9. The van der Waals surface area contributed by atoms with Crippen molar-refractivity contribution < 1.29 is 19.4 Å². The highest BCUT2D eigenvalue weighted by Crippen LogP contribution is 2.33. The third-order valence-electron chi connectivity index (χ3n) is 3.80. The van der Waals surface area contributed by atoms with Crippen LogP contribution in [0.3, 0.4) is 0 Å². The van der Waals surface area contributed by atoms with Crippen LogP contribution in [0.1, 0.15) is 25.7 Å². The van der Waals surface area contributed by atoms with Gasteiger partial charge in [0.25, 0.3) is 0 Å². The van der Waals surface area contributed by atoms with E-state index in [2.05, 4.69) is 5.32 Å². The van der Waals surface area contributed by atoms with E-state index in [1.807, 2.05) is 22.6 Å². The van der Waals surface area contributed by atoms with Gasteiger partial charge in [0, 0.05) is 15.8 Å². The highest BCUT2D eigenvalue weighted by molar-refractivity contribution is 14.1. The summed E-state index contributed by atoms with van der Waals surface area (Å²) in [6.07, 6.45) is 1.92. The minimum absolute atomic E-state index is 0.291. The van der Waals surface area contributed by atoms with Crippen molar-refractivity contribution >= 4 is 34.2 Å². The van der Waals surface area contributed by atoms with Crippen molar-refractivity contribution in [1.82, 2.24) is 0 Å². The van der Waals surface area contributed by atoms with Gasteiger partial charge in [-0.25, -0.2) is 4.39 Å². The third-order valence-corrected chi connectivity index (χ3v) is 4.70. The average Bonchev–Trinajstić information content (AvgIpc) is 2.38. The molecule has 0 saturated heterocycles. The van der Waals surface area contributed by atoms with Crippen molar-refractivity contribution in [3.8, 4) is 0 Å². The van der Waals surface area contributed by atoms with Gasteiger partial charge in [-0.3, -0.25) is 4.79 Å². The summed E-state index contributed by atoms with van der Waals surface area (Å²) in [5, 5.41) is 22.5. The lowest BCUT2D eigenvalue weighted by Gasteiger charge is -2.35. The number of aliphatic hydroxyl groups is 1. The van der Waals surface area contributed by atoms with Gasteiger partial charge in [-0.1, -0.05) is 0 Å². The number of rotatable bonds is 4. The minimum atomic E-state index is -0.885. The van der Waals surface area contributed by atoms with E-state index in [-0.39, 0.29) is 11.7 Å². The minimum Gasteiger partial charge on any atom is -0.481 e. The monoisotopic (exact) mass is 393 g/mol. The van der Waals surface area contributed by atoms with Crippen LogP contribution in [0, 0.1) is 15.3 Å². The molecule has 0 spiro atoms. The van der Waals surface area contributed by atoms with E-state index in [0.29, 0.717) is 32.2 Å². The van der Waals surface area contributed by atoms with Crippen LogP contribution in [0.5, 0.6) is 0 Å². The van der Waals surface area contributed by atoms with Gasteiger partial charge < -0.3 is 15.5 Å². The molecule has 1 saturated carbocycles. The van der Waals surface area contributed by atoms with E-state index >= 15 is 0 Å². The Morgan fingerprint density at radius 3 is 2.65 bits per heavy atom. The van der Waals surface area contributed by atoms with E-state index in [1.54, 1.807) is 6.07 Å². The van der Waals surface area contributed by atoms with Crippen molar-refractivity contribution in [3.63, 3.8) is 0 Å². The summed E-state index contributed by atoms with van der Waals surface area (Å²) < 4.78 is 13.8. The highest BCUT2D eigenvalue weighted by Gasteiger charge is 2.35. The van der Waals surface area contributed by atoms with Crippen molar-refractivity contribution in [2.75, 3.05) is 11.9 Å². The Morgan fingerprint density at radius 1 is 1.45 bits per heavy atom. The molecule has 0 radical (unpaired) electrons. The van der Waals surface area contributed by atoms with Crippen LogP contribution in [-0.4, -0.2) is 28.3 Å². The van der Waals surface area contributed by atoms with Crippen molar-refractivity contribution in [1.29, 1.82) is 0 Å². The molecule has 1 aromatic carbocycles. The quantitative estimate of drug-likeness (QED) is 0.689. The lowest BCUT2D eigenvalue weighted by molar-refractivity contribution is -0.144. The summed E-state index contributed by atoms with van der Waals surface area (Å²) in [5.41, 5.74) is -0.107. The molecule has 6 heteroatoms. The second-order valence-electron chi connectivity index (χ2n) is 5.31. The first kappa shape index (κ1) is 15.5. The second kappa shape index (κ2) is 6.26. The fraction of sp³-hybridized carbons (Fsp3) is 0.500. The van der Waals surface area contributed by atoms with Crippen molar-refractivity contribution in [2.24, 2.45) is 5.92 Å². The van der Waals surface area contributed by atoms with E-state index in [9.17, 15) is 14.3 Å². The van der Waals surface area contributed by atoms with Gasteiger partial charge in [0.05, 0.1) is 11.5 Å². The predicted molar refractivity (Wildman–Crippen MR) is 82.2 cm³/mol. The Bertz CT molecular complexity index is 501. The van der Waals surface area contributed by atoms with Crippen molar-refractivity contribution in [3.05, 3.63) is 27.6 Å². The largest absolute Gasteiger partial charge is 0.481 e. The summed E-state index contributed by atoms with van der Waals surface area (Å²) in [6, 6.07) is 4.44. The molecule has 0 aliphatic heterocycles. The number of hydrogen-bond acceptors (Lipinski definition) is 3. The predicted octanol–water partition coefficient (Wildman–Crippen LogP) is 2.85. The maximum absolute atomic E-state index is 13.0. The van der Waals surface area contributed by atoms with E-state index in [4.69, 9.17) is 5.11 Å². The molecule has 1 fully saturated rings. The lowest BCUT2D eigenvalue weighted by Crippen LogP contribution is -2.41. The highest BCUT2D eigenvalue weighted by atomic mass is 127. The molecule has 0 heterocycles. The number of benzene rings is 1. The first-order valence-corrected chi connectivity index (χ1v) is 7.62. The van der Waals surface area contributed by atoms with E-state index in [1.165, 1.54) is 12.1 Å². The van der Waals surface area contributed by atoms with Crippen LogP contribution in [-0.2, 0) is 4.79 Å². The Hall–Kier alpha value is -0.890. The van der Waals surface area contributed by atoms with Crippen LogP contribution < -0.4 is 5.32 Å². The molecule has 20 heavy (non-hydrogen) atoms. The third kappa shape index (κ3) is 3.82. The summed E-state index contributed by atoms with van der Waals surface area (Å²) >= 11 is 2.04. The van der Waals surface area contributed by atoms with Gasteiger partial charge in [0.1, 0.15) is 5.82 Å². The fourth-order valence-electron chi connectivity index (χ4n) is 2.47. The normalized spacial score (nSPS) is 26.2. The maximum atomic E-state index is 13.0. The summed E-state index contributed by atoms with van der Waals surface area (Å²) in [4.78, 5) is 10.9. The molecule has 4 nitrogen and oxygen atoms in total. The van der Waals surface area contributed by atoms with Gasteiger partial charge in [-0.15, -0.1) is 0 Å². The first-order chi connectivity index (χ1) is 9.39. The number of aliphatic carboxylic acids is 1. The number of carboxylic acids is 1. The van der Waals surface area contributed by atoms with Crippen molar-refractivity contribution in [2.45, 2.75) is 31.3 Å². The molecule has 0 amide bonds. The second-order valence-corrected chi connectivity index (χ2v) is 6.48. The molecule has 1 aromatic rings. The molecule has 0 aromatic heterocycles. The van der Waals surface area contributed by atoms with Gasteiger partial charge in [-0.05, 0) is 66.5 Å². The molecule has 3 N–H and O–H groups in total. The van der Waals surface area contributed by atoms with E-state index < -0.39 is 11.6 Å². The van der Waals surface area contributed by atoms with Gasteiger partial charge >= 0.3 is 5.97 Å². The molecule has 1 aliphatic rings. The molecule has 110 valence electrons. The topological polar surface area (TPSA) is 69.6 Å². The van der Waals surface area contributed by atoms with Crippen LogP contribution in [0.15, 0.2) is 18.2 Å². The van der Waals surface area contributed by atoms with Crippen LogP contribution in [0.25, 0.3) is 0 Å². The zero-order chi connectivity index (χ0) is 14.8. The summed E-state index contributed by atoms with van der Waals surface area (Å²) in [7, 11) is 0. The Balaban J connectivity index is 1.92. The fourth-order valence-corrected chi connectivity index (χ4v) is 3.14. The number of carboxylic acid groups (broad SMARTS) is 1. The number of carbonyl (C=O) groups is 1. The molecule has 2 rings (SSSR count). The summed E-state index contributed by atoms with van der Waals surface area (Å²) in [6.45, 7) is 0.348. The number of nitrogens with one attached hydrogen (secondary N) is 1. The van der Waals surface area contributed by atoms with Crippen LogP contribution >= 0.6 is 22.6 Å². The molecule has 0 bridgehead atoms. The van der Waals surface area contributed by atoms with Gasteiger partial charge in [-0.2, -0.15) is 0 Å². The Labute approximate surface area is 130 Å². The van der Waals surface area contributed by atoms with Gasteiger partial charge in [0.15, 0.2) is 0 Å².